The average molecular weight is 214 g/mol. The van der Waals surface area contributed by atoms with E-state index in [0.717, 1.165) is 12.1 Å². The normalized spacial score (nSPS) is 8.67. The highest BCUT2D eigenvalue weighted by molar-refractivity contribution is 5.51. The van der Waals surface area contributed by atoms with Crippen molar-refractivity contribution in [3.05, 3.63) is 44.5 Å². The van der Waals surface area contributed by atoms with E-state index in [-0.39, 0.29) is 0 Å². The van der Waals surface area contributed by atoms with Crippen molar-refractivity contribution >= 4 is 11.4 Å². The molecule has 0 saturated heterocycles. The number of nitro benzene ring substituents is 2. The highest BCUT2D eigenvalue weighted by Crippen LogP contribution is 2.24. The number of nitro groups is 2. The molecule has 82 valence electrons. The molecule has 0 unspecified atom stereocenters. The van der Waals surface area contributed by atoms with Gasteiger partial charge in [0.05, 0.1) is 9.85 Å². The van der Waals surface area contributed by atoms with Crippen LogP contribution in [0.2, 0.25) is 0 Å². The van der Waals surface area contributed by atoms with Crippen molar-refractivity contribution < 1.29 is 14.6 Å². The number of methoxy groups -OCH3 is 1. The molecular weight excluding hydrogens is 204 g/mol. The second-order valence-corrected chi connectivity index (χ2v) is 2.41. The van der Waals surface area contributed by atoms with E-state index in [1.807, 2.05) is 0 Å². The Morgan fingerprint density at radius 2 is 1.27 bits per heavy atom. The van der Waals surface area contributed by atoms with Gasteiger partial charge in [0, 0.05) is 26.4 Å². The second kappa shape index (κ2) is 6.44. The first-order valence-corrected chi connectivity index (χ1v) is 3.82. The van der Waals surface area contributed by atoms with Gasteiger partial charge in [-0.2, -0.15) is 0 Å². The number of ether oxygens (including phenoxy) is 1. The lowest BCUT2D eigenvalue weighted by Crippen LogP contribution is -1.95. The summed E-state index contributed by atoms with van der Waals surface area (Å²) < 4.78 is 4.25. The molecule has 0 aliphatic rings. The minimum atomic E-state index is -0.780. The first-order chi connectivity index (χ1) is 7.04. The third-order valence-corrected chi connectivity index (χ3v) is 1.28. The molecular formula is C8H10N2O5. The van der Waals surface area contributed by atoms with Gasteiger partial charge in [0.15, 0.2) is 0 Å². The maximum atomic E-state index is 10.2. The molecule has 7 heteroatoms. The Labute approximate surface area is 85.6 Å². The van der Waals surface area contributed by atoms with E-state index in [1.54, 1.807) is 14.2 Å². The van der Waals surface area contributed by atoms with Crippen LogP contribution in [0.5, 0.6) is 0 Å². The first kappa shape index (κ1) is 13.0. The summed E-state index contributed by atoms with van der Waals surface area (Å²) in [6.45, 7) is 0. The summed E-state index contributed by atoms with van der Waals surface area (Å²) in [6.07, 6.45) is 0. The van der Waals surface area contributed by atoms with Crippen molar-refractivity contribution in [3.63, 3.8) is 0 Å². The molecule has 0 aliphatic heterocycles. The number of para-hydroxylation sites is 2. The van der Waals surface area contributed by atoms with Gasteiger partial charge in [-0.15, -0.1) is 0 Å². The number of benzene rings is 1. The molecule has 0 radical (unpaired) electrons. The van der Waals surface area contributed by atoms with Gasteiger partial charge in [0.2, 0.25) is 0 Å². The maximum absolute atomic E-state index is 10.2. The summed E-state index contributed by atoms with van der Waals surface area (Å²) in [6, 6.07) is 4.95. The van der Waals surface area contributed by atoms with Crippen molar-refractivity contribution in [2.45, 2.75) is 0 Å². The van der Waals surface area contributed by atoms with Gasteiger partial charge in [-0.1, -0.05) is 12.1 Å². The van der Waals surface area contributed by atoms with Crippen molar-refractivity contribution in [2.75, 3.05) is 14.2 Å². The molecule has 0 amide bonds. The van der Waals surface area contributed by atoms with E-state index in [0.29, 0.717) is 0 Å². The summed E-state index contributed by atoms with van der Waals surface area (Å²) in [5.41, 5.74) is -0.968. The largest absolute Gasteiger partial charge is 0.388 e. The molecule has 1 aromatic rings. The minimum Gasteiger partial charge on any atom is -0.388 e. The Morgan fingerprint density at radius 3 is 1.47 bits per heavy atom. The van der Waals surface area contributed by atoms with E-state index in [9.17, 15) is 20.2 Å². The molecule has 15 heavy (non-hydrogen) atoms. The smallest absolute Gasteiger partial charge is 0.346 e. The lowest BCUT2D eigenvalue weighted by atomic mass is 10.3. The van der Waals surface area contributed by atoms with Crippen molar-refractivity contribution in [2.24, 2.45) is 0 Å². The van der Waals surface area contributed by atoms with Crippen LogP contribution in [0.4, 0.5) is 11.4 Å². The minimum absolute atomic E-state index is 0.484. The van der Waals surface area contributed by atoms with Gasteiger partial charge in [-0.3, -0.25) is 20.2 Å². The van der Waals surface area contributed by atoms with Gasteiger partial charge in [-0.05, 0) is 0 Å². The van der Waals surface area contributed by atoms with Crippen LogP contribution in [0, 0.1) is 20.2 Å². The van der Waals surface area contributed by atoms with Crippen LogP contribution in [0.1, 0.15) is 0 Å². The van der Waals surface area contributed by atoms with Gasteiger partial charge in [0.25, 0.3) is 0 Å². The van der Waals surface area contributed by atoms with Gasteiger partial charge in [-0.25, -0.2) is 0 Å². The van der Waals surface area contributed by atoms with Crippen LogP contribution >= 0.6 is 0 Å². The summed E-state index contributed by atoms with van der Waals surface area (Å²) in [7, 11) is 3.25. The van der Waals surface area contributed by atoms with Crippen LogP contribution in [-0.4, -0.2) is 24.1 Å². The van der Waals surface area contributed by atoms with E-state index < -0.39 is 21.2 Å². The van der Waals surface area contributed by atoms with Gasteiger partial charge < -0.3 is 4.74 Å². The molecule has 1 aromatic carbocycles. The summed E-state index contributed by atoms with van der Waals surface area (Å²) in [4.78, 5) is 18.9. The van der Waals surface area contributed by atoms with Crippen LogP contribution in [-0.2, 0) is 4.74 Å². The molecule has 1 rings (SSSR count). The SMILES string of the molecule is COC.O=[N+]([O-])c1ccccc1[N+](=O)[O-]. The van der Waals surface area contributed by atoms with Crippen LogP contribution in [0.15, 0.2) is 24.3 Å². The summed E-state index contributed by atoms with van der Waals surface area (Å²) in [5.74, 6) is 0. The maximum Gasteiger partial charge on any atom is 0.346 e. The van der Waals surface area contributed by atoms with Crippen molar-refractivity contribution in [3.8, 4) is 0 Å². The lowest BCUT2D eigenvalue weighted by molar-refractivity contribution is -0.422. The van der Waals surface area contributed by atoms with E-state index in [4.69, 9.17) is 0 Å². The monoisotopic (exact) mass is 214 g/mol. The Morgan fingerprint density at radius 1 is 1.00 bits per heavy atom. The Balaban J connectivity index is 0.000000583. The zero-order valence-electron chi connectivity index (χ0n) is 8.25. The molecule has 0 bridgehead atoms. The molecule has 0 N–H and O–H groups in total. The molecule has 0 heterocycles. The highest BCUT2D eigenvalue weighted by atomic mass is 16.6. The molecule has 0 saturated carbocycles. The molecule has 0 aromatic heterocycles. The van der Waals surface area contributed by atoms with E-state index in [1.165, 1.54) is 12.1 Å². The number of hydrogen-bond acceptors (Lipinski definition) is 5. The van der Waals surface area contributed by atoms with E-state index >= 15 is 0 Å². The average Bonchev–Trinajstić information content (AvgIpc) is 2.19. The molecule has 0 aliphatic carbocycles. The Bertz CT molecular complexity index is 320. The second-order valence-electron chi connectivity index (χ2n) is 2.41. The number of nitrogens with zero attached hydrogens (tertiary/aromatic N) is 2. The fraction of sp³-hybridized carbons (Fsp3) is 0.250. The van der Waals surface area contributed by atoms with Crippen LogP contribution in [0.3, 0.4) is 0 Å². The molecule has 0 spiro atoms. The Kier molecular flexibility index (Phi) is 5.57. The molecule has 7 nitrogen and oxygen atoms in total. The third kappa shape index (κ3) is 4.14. The standard InChI is InChI=1S/C6H4N2O4.C2H6O/c9-7(10)5-3-1-2-4-6(5)8(11)12;1-3-2/h1-4H;1-2H3. The predicted molar refractivity (Wildman–Crippen MR) is 52.7 cm³/mol. The fourth-order valence-corrected chi connectivity index (χ4v) is 0.773. The fourth-order valence-electron chi connectivity index (χ4n) is 0.773. The van der Waals surface area contributed by atoms with E-state index in [2.05, 4.69) is 4.74 Å². The van der Waals surface area contributed by atoms with Crippen LogP contribution in [0.25, 0.3) is 0 Å². The zero-order valence-corrected chi connectivity index (χ0v) is 8.25. The van der Waals surface area contributed by atoms with Crippen molar-refractivity contribution in [1.29, 1.82) is 0 Å². The quantitative estimate of drug-likeness (QED) is 0.552. The Hall–Kier alpha value is -2.02. The van der Waals surface area contributed by atoms with Crippen molar-refractivity contribution in [1.82, 2.24) is 0 Å². The van der Waals surface area contributed by atoms with Crippen LogP contribution < -0.4 is 0 Å². The summed E-state index contributed by atoms with van der Waals surface area (Å²) in [5, 5.41) is 20.5. The topological polar surface area (TPSA) is 95.5 Å². The predicted octanol–water partition coefficient (Wildman–Crippen LogP) is 1.77. The zero-order chi connectivity index (χ0) is 11.8. The molecule has 0 atom stereocenters. The lowest BCUT2D eigenvalue weighted by Gasteiger charge is -1.91. The number of hydrogen-bond donors (Lipinski definition) is 0. The van der Waals surface area contributed by atoms with Gasteiger partial charge >= 0.3 is 11.4 Å². The highest BCUT2D eigenvalue weighted by Gasteiger charge is 2.21. The van der Waals surface area contributed by atoms with Gasteiger partial charge in [0.1, 0.15) is 0 Å². The molecule has 0 fully saturated rings. The summed E-state index contributed by atoms with van der Waals surface area (Å²) >= 11 is 0. The third-order valence-electron chi connectivity index (χ3n) is 1.28. The number of rotatable bonds is 2. The first-order valence-electron chi connectivity index (χ1n) is 3.82.